The number of nitrogens with one attached hydrogen (secondary N) is 2. The zero-order valence-electron chi connectivity index (χ0n) is 7.73. The lowest BCUT2D eigenvalue weighted by atomic mass is 10.2. The Morgan fingerprint density at radius 3 is 2.67 bits per heavy atom. The van der Waals surface area contributed by atoms with E-state index in [1.54, 1.807) is 0 Å². The van der Waals surface area contributed by atoms with Crippen LogP contribution in [-0.4, -0.2) is 25.5 Å². The fraction of sp³-hybridized carbons (Fsp3) is 0.889. The van der Waals surface area contributed by atoms with Crippen molar-refractivity contribution < 1.29 is 4.79 Å². The minimum absolute atomic E-state index is 0.191. The summed E-state index contributed by atoms with van der Waals surface area (Å²) in [4.78, 5) is 11.2. The highest BCUT2D eigenvalue weighted by molar-refractivity contribution is 5.76. The fourth-order valence-corrected chi connectivity index (χ4v) is 1.61. The average molecular weight is 170 g/mol. The van der Waals surface area contributed by atoms with E-state index in [9.17, 15) is 4.79 Å². The molecule has 0 aliphatic heterocycles. The highest BCUT2D eigenvalue weighted by atomic mass is 16.1. The van der Waals surface area contributed by atoms with Crippen LogP contribution in [0.3, 0.4) is 0 Å². The lowest BCUT2D eigenvalue weighted by Gasteiger charge is -2.11. The highest BCUT2D eigenvalue weighted by Gasteiger charge is 2.16. The normalized spacial score (nSPS) is 18.1. The van der Waals surface area contributed by atoms with Crippen LogP contribution in [-0.2, 0) is 4.79 Å². The molecule has 0 saturated heterocycles. The van der Waals surface area contributed by atoms with Crippen molar-refractivity contribution >= 4 is 5.91 Å². The molecular weight excluding hydrogens is 152 g/mol. The summed E-state index contributed by atoms with van der Waals surface area (Å²) in [6, 6.07) is 0.467. The average Bonchev–Trinajstić information content (AvgIpc) is 2.53. The lowest BCUT2D eigenvalue weighted by Crippen LogP contribution is -2.34. The molecule has 0 radical (unpaired) electrons. The summed E-state index contributed by atoms with van der Waals surface area (Å²) in [6.45, 7) is 0.776. The van der Waals surface area contributed by atoms with E-state index in [4.69, 9.17) is 0 Å². The SMILES string of the molecule is CNCCC(=O)NC1CCCC1. The highest BCUT2D eigenvalue weighted by Crippen LogP contribution is 2.17. The van der Waals surface area contributed by atoms with Gasteiger partial charge in [-0.25, -0.2) is 0 Å². The summed E-state index contributed by atoms with van der Waals surface area (Å²) in [6.07, 6.45) is 5.50. The minimum atomic E-state index is 0.191. The maximum Gasteiger partial charge on any atom is 0.221 e. The Labute approximate surface area is 73.9 Å². The van der Waals surface area contributed by atoms with Crippen LogP contribution in [0, 0.1) is 0 Å². The second-order valence-electron chi connectivity index (χ2n) is 3.40. The molecule has 0 spiro atoms. The Balaban J connectivity index is 2.08. The summed E-state index contributed by atoms with van der Waals surface area (Å²) >= 11 is 0. The van der Waals surface area contributed by atoms with Crippen molar-refractivity contribution in [3.8, 4) is 0 Å². The first-order chi connectivity index (χ1) is 5.83. The zero-order chi connectivity index (χ0) is 8.81. The van der Waals surface area contributed by atoms with Crippen molar-refractivity contribution in [3.05, 3.63) is 0 Å². The van der Waals surface area contributed by atoms with Crippen molar-refractivity contribution in [2.75, 3.05) is 13.6 Å². The van der Waals surface area contributed by atoms with E-state index in [2.05, 4.69) is 10.6 Å². The van der Waals surface area contributed by atoms with Crippen molar-refractivity contribution in [1.29, 1.82) is 0 Å². The smallest absolute Gasteiger partial charge is 0.221 e. The molecule has 0 aromatic rings. The summed E-state index contributed by atoms with van der Waals surface area (Å²) in [5.74, 6) is 0.191. The van der Waals surface area contributed by atoms with E-state index in [1.165, 1.54) is 25.7 Å². The maximum atomic E-state index is 11.2. The number of hydrogen-bond acceptors (Lipinski definition) is 2. The quantitative estimate of drug-likeness (QED) is 0.650. The Hall–Kier alpha value is -0.570. The van der Waals surface area contributed by atoms with Gasteiger partial charge in [-0.2, -0.15) is 0 Å². The Morgan fingerprint density at radius 2 is 2.08 bits per heavy atom. The number of rotatable bonds is 4. The van der Waals surface area contributed by atoms with Gasteiger partial charge < -0.3 is 10.6 Å². The van der Waals surface area contributed by atoms with Crippen LogP contribution in [0.15, 0.2) is 0 Å². The largest absolute Gasteiger partial charge is 0.353 e. The molecule has 0 unspecified atom stereocenters. The van der Waals surface area contributed by atoms with E-state index in [0.29, 0.717) is 12.5 Å². The molecule has 0 aromatic carbocycles. The fourth-order valence-electron chi connectivity index (χ4n) is 1.61. The Morgan fingerprint density at radius 1 is 1.42 bits per heavy atom. The second-order valence-corrected chi connectivity index (χ2v) is 3.40. The summed E-state index contributed by atoms with van der Waals surface area (Å²) in [5.41, 5.74) is 0. The van der Waals surface area contributed by atoms with Crippen LogP contribution in [0.2, 0.25) is 0 Å². The molecular formula is C9H18N2O. The molecule has 1 rings (SSSR count). The standard InChI is InChI=1S/C9H18N2O/c1-10-7-6-9(12)11-8-4-2-3-5-8/h8,10H,2-7H2,1H3,(H,11,12). The van der Waals surface area contributed by atoms with Crippen molar-refractivity contribution in [2.24, 2.45) is 0 Å². The van der Waals surface area contributed by atoms with Crippen molar-refractivity contribution in [1.82, 2.24) is 10.6 Å². The summed E-state index contributed by atoms with van der Waals surface area (Å²) in [7, 11) is 1.86. The zero-order valence-corrected chi connectivity index (χ0v) is 7.73. The van der Waals surface area contributed by atoms with E-state index in [1.807, 2.05) is 7.05 Å². The van der Waals surface area contributed by atoms with Gasteiger partial charge >= 0.3 is 0 Å². The number of hydrogen-bond donors (Lipinski definition) is 2. The molecule has 1 aliphatic rings. The molecule has 3 heteroatoms. The molecule has 0 bridgehead atoms. The van der Waals surface area contributed by atoms with Crippen LogP contribution in [0.5, 0.6) is 0 Å². The number of amides is 1. The molecule has 1 fully saturated rings. The van der Waals surface area contributed by atoms with Crippen LogP contribution in [0.4, 0.5) is 0 Å². The topological polar surface area (TPSA) is 41.1 Å². The second kappa shape index (κ2) is 5.14. The molecule has 0 atom stereocenters. The maximum absolute atomic E-state index is 11.2. The number of carbonyl (C=O) groups excluding carboxylic acids is 1. The van der Waals surface area contributed by atoms with Gasteiger partial charge in [0.2, 0.25) is 5.91 Å². The van der Waals surface area contributed by atoms with Gasteiger partial charge in [-0.1, -0.05) is 12.8 Å². The first-order valence-electron chi connectivity index (χ1n) is 4.77. The van der Waals surface area contributed by atoms with Gasteiger partial charge in [-0.15, -0.1) is 0 Å². The molecule has 0 aromatic heterocycles. The molecule has 1 aliphatic carbocycles. The monoisotopic (exact) mass is 170 g/mol. The van der Waals surface area contributed by atoms with E-state index in [0.717, 1.165) is 6.54 Å². The third-order valence-corrected chi connectivity index (χ3v) is 2.32. The van der Waals surface area contributed by atoms with Crippen molar-refractivity contribution in [2.45, 2.75) is 38.1 Å². The summed E-state index contributed by atoms with van der Waals surface area (Å²) < 4.78 is 0. The van der Waals surface area contributed by atoms with Crippen molar-refractivity contribution in [3.63, 3.8) is 0 Å². The summed E-state index contributed by atoms with van der Waals surface area (Å²) in [5, 5.41) is 6.00. The van der Waals surface area contributed by atoms with Gasteiger partial charge in [0.25, 0.3) is 0 Å². The van der Waals surface area contributed by atoms with Gasteiger partial charge in [0.05, 0.1) is 0 Å². The molecule has 0 heterocycles. The molecule has 1 saturated carbocycles. The molecule has 12 heavy (non-hydrogen) atoms. The number of carbonyl (C=O) groups is 1. The molecule has 2 N–H and O–H groups in total. The van der Waals surface area contributed by atoms with E-state index < -0.39 is 0 Å². The van der Waals surface area contributed by atoms with E-state index >= 15 is 0 Å². The van der Waals surface area contributed by atoms with E-state index in [-0.39, 0.29) is 5.91 Å². The van der Waals surface area contributed by atoms with Gasteiger partial charge in [0.1, 0.15) is 0 Å². The Bertz CT molecular complexity index is 141. The van der Waals surface area contributed by atoms with Gasteiger partial charge in [0.15, 0.2) is 0 Å². The minimum Gasteiger partial charge on any atom is -0.353 e. The van der Waals surface area contributed by atoms with Gasteiger partial charge in [-0.05, 0) is 19.9 Å². The van der Waals surface area contributed by atoms with Crippen LogP contribution in [0.25, 0.3) is 0 Å². The molecule has 3 nitrogen and oxygen atoms in total. The van der Waals surface area contributed by atoms with Gasteiger partial charge in [0, 0.05) is 19.0 Å². The predicted octanol–water partition coefficient (Wildman–Crippen LogP) is 0.655. The molecule has 1 amide bonds. The van der Waals surface area contributed by atoms with Crippen LogP contribution < -0.4 is 10.6 Å². The van der Waals surface area contributed by atoms with Crippen LogP contribution in [0.1, 0.15) is 32.1 Å². The van der Waals surface area contributed by atoms with Gasteiger partial charge in [-0.3, -0.25) is 4.79 Å². The third-order valence-electron chi connectivity index (χ3n) is 2.32. The first-order valence-corrected chi connectivity index (χ1v) is 4.77. The Kier molecular flexibility index (Phi) is 4.08. The van der Waals surface area contributed by atoms with Crippen LogP contribution >= 0.6 is 0 Å². The lowest BCUT2D eigenvalue weighted by molar-refractivity contribution is -0.121. The third kappa shape index (κ3) is 3.22. The first kappa shape index (κ1) is 9.52. The predicted molar refractivity (Wildman–Crippen MR) is 48.9 cm³/mol. The molecule has 70 valence electrons.